The summed E-state index contributed by atoms with van der Waals surface area (Å²) in [7, 11) is 0. The Hall–Kier alpha value is -2.93. The van der Waals surface area contributed by atoms with Crippen molar-refractivity contribution in [2.75, 3.05) is 11.9 Å². The van der Waals surface area contributed by atoms with Gasteiger partial charge in [0, 0.05) is 24.5 Å². The highest BCUT2D eigenvalue weighted by atomic mass is 16.3. The van der Waals surface area contributed by atoms with Gasteiger partial charge in [-0.25, -0.2) is 9.78 Å². The number of carbonyl (C=O) groups excluding carboxylic acids is 1. The Labute approximate surface area is 138 Å². The summed E-state index contributed by atoms with van der Waals surface area (Å²) in [4.78, 5) is 20.4. The molecule has 24 heavy (non-hydrogen) atoms. The predicted octanol–water partition coefficient (Wildman–Crippen LogP) is 2.78. The Kier molecular flexibility index (Phi) is 4.72. The maximum atomic E-state index is 11.8. The van der Waals surface area contributed by atoms with Gasteiger partial charge in [-0.05, 0) is 37.6 Å². The lowest BCUT2D eigenvalue weighted by atomic mass is 10.3. The summed E-state index contributed by atoms with van der Waals surface area (Å²) >= 11 is 0. The van der Waals surface area contributed by atoms with E-state index in [2.05, 4.69) is 20.6 Å². The molecule has 0 saturated heterocycles. The molecule has 0 aliphatic carbocycles. The molecule has 0 saturated carbocycles. The second-order valence-corrected chi connectivity index (χ2v) is 5.44. The van der Waals surface area contributed by atoms with Gasteiger partial charge in [0.25, 0.3) is 0 Å². The van der Waals surface area contributed by atoms with Gasteiger partial charge in [-0.3, -0.25) is 4.98 Å². The highest BCUT2D eigenvalue weighted by molar-refractivity contribution is 5.91. The van der Waals surface area contributed by atoms with Crippen LogP contribution in [-0.4, -0.2) is 33.8 Å². The second kappa shape index (κ2) is 7.10. The SMILES string of the molecule is CC(O)CCNC(=O)Nc1ccc2nc(-c3ccccn3)oc2c1. The molecule has 2 amide bonds. The van der Waals surface area contributed by atoms with Gasteiger partial charge in [0.1, 0.15) is 11.2 Å². The van der Waals surface area contributed by atoms with E-state index in [9.17, 15) is 9.90 Å². The number of hydrogen-bond acceptors (Lipinski definition) is 5. The lowest BCUT2D eigenvalue weighted by Gasteiger charge is -2.08. The zero-order chi connectivity index (χ0) is 16.9. The topological polar surface area (TPSA) is 100 Å². The smallest absolute Gasteiger partial charge is 0.319 e. The molecule has 2 aromatic heterocycles. The highest BCUT2D eigenvalue weighted by Gasteiger charge is 2.10. The fourth-order valence-corrected chi connectivity index (χ4v) is 2.17. The maximum absolute atomic E-state index is 11.8. The number of amides is 2. The summed E-state index contributed by atoms with van der Waals surface area (Å²) < 4.78 is 5.71. The van der Waals surface area contributed by atoms with Gasteiger partial charge in [0.05, 0.1) is 6.10 Å². The Morgan fingerprint density at radius 1 is 1.33 bits per heavy atom. The molecule has 3 N–H and O–H groups in total. The van der Waals surface area contributed by atoms with E-state index in [1.54, 1.807) is 31.3 Å². The zero-order valence-corrected chi connectivity index (χ0v) is 13.2. The molecule has 0 spiro atoms. The van der Waals surface area contributed by atoms with E-state index in [0.29, 0.717) is 41.3 Å². The van der Waals surface area contributed by atoms with Crippen molar-refractivity contribution in [3.63, 3.8) is 0 Å². The van der Waals surface area contributed by atoms with Crippen LogP contribution in [0.15, 0.2) is 47.0 Å². The van der Waals surface area contributed by atoms with Crippen molar-refractivity contribution in [3.05, 3.63) is 42.6 Å². The van der Waals surface area contributed by atoms with Crippen LogP contribution in [0.4, 0.5) is 10.5 Å². The number of pyridine rings is 1. The summed E-state index contributed by atoms with van der Waals surface area (Å²) in [5.74, 6) is 0.434. The molecule has 3 rings (SSSR count). The van der Waals surface area contributed by atoms with Gasteiger partial charge in [-0.1, -0.05) is 6.07 Å². The molecule has 7 nitrogen and oxygen atoms in total. The van der Waals surface area contributed by atoms with Crippen molar-refractivity contribution in [1.82, 2.24) is 15.3 Å². The zero-order valence-electron chi connectivity index (χ0n) is 13.2. The molecule has 0 aliphatic rings. The van der Waals surface area contributed by atoms with E-state index in [-0.39, 0.29) is 6.03 Å². The monoisotopic (exact) mass is 326 g/mol. The van der Waals surface area contributed by atoms with E-state index in [1.165, 1.54) is 0 Å². The molecule has 124 valence electrons. The third-order valence-electron chi connectivity index (χ3n) is 3.38. The second-order valence-electron chi connectivity index (χ2n) is 5.44. The quantitative estimate of drug-likeness (QED) is 0.669. The number of nitrogens with zero attached hydrogens (tertiary/aromatic N) is 2. The summed E-state index contributed by atoms with van der Waals surface area (Å²) in [6.45, 7) is 2.08. The van der Waals surface area contributed by atoms with Crippen LogP contribution < -0.4 is 10.6 Å². The molecule has 0 bridgehead atoms. The average Bonchev–Trinajstić information content (AvgIpc) is 2.98. The molecule has 1 aromatic carbocycles. The minimum absolute atomic E-state index is 0.334. The third kappa shape index (κ3) is 3.88. The van der Waals surface area contributed by atoms with Crippen LogP contribution >= 0.6 is 0 Å². The minimum atomic E-state index is -0.444. The van der Waals surface area contributed by atoms with Gasteiger partial charge in [-0.15, -0.1) is 0 Å². The fourth-order valence-electron chi connectivity index (χ4n) is 2.17. The van der Waals surface area contributed by atoms with Crippen LogP contribution in [0.2, 0.25) is 0 Å². The first-order valence-corrected chi connectivity index (χ1v) is 7.67. The molecule has 7 heteroatoms. The molecule has 1 atom stereocenters. The summed E-state index contributed by atoms with van der Waals surface area (Å²) in [5.41, 5.74) is 2.51. The van der Waals surface area contributed by atoms with Crippen LogP contribution in [-0.2, 0) is 0 Å². The number of carbonyl (C=O) groups is 1. The van der Waals surface area contributed by atoms with E-state index in [4.69, 9.17) is 4.42 Å². The van der Waals surface area contributed by atoms with E-state index in [0.717, 1.165) is 0 Å². The number of anilines is 1. The van der Waals surface area contributed by atoms with Crippen molar-refractivity contribution in [3.8, 4) is 11.6 Å². The number of oxazole rings is 1. The highest BCUT2D eigenvalue weighted by Crippen LogP contribution is 2.25. The lowest BCUT2D eigenvalue weighted by Crippen LogP contribution is -2.30. The Bertz CT molecular complexity index is 830. The first-order valence-electron chi connectivity index (χ1n) is 7.67. The van der Waals surface area contributed by atoms with Crippen molar-refractivity contribution < 1.29 is 14.3 Å². The summed E-state index contributed by atoms with van der Waals surface area (Å²) in [6, 6.07) is 10.4. The van der Waals surface area contributed by atoms with Gasteiger partial charge < -0.3 is 20.2 Å². The van der Waals surface area contributed by atoms with Crippen molar-refractivity contribution >= 4 is 22.8 Å². The number of fused-ring (bicyclic) bond motifs is 1. The number of benzene rings is 1. The van der Waals surface area contributed by atoms with Gasteiger partial charge in [0.15, 0.2) is 5.58 Å². The number of hydrogen-bond donors (Lipinski definition) is 3. The van der Waals surface area contributed by atoms with E-state index < -0.39 is 6.10 Å². The third-order valence-corrected chi connectivity index (χ3v) is 3.38. The Morgan fingerprint density at radius 3 is 2.96 bits per heavy atom. The molecular weight excluding hydrogens is 308 g/mol. The molecular formula is C17H18N4O3. The minimum Gasteiger partial charge on any atom is -0.435 e. The average molecular weight is 326 g/mol. The maximum Gasteiger partial charge on any atom is 0.319 e. The number of aliphatic hydroxyl groups excluding tert-OH is 1. The lowest BCUT2D eigenvalue weighted by molar-refractivity contribution is 0.184. The van der Waals surface area contributed by atoms with Crippen LogP contribution in [0.3, 0.4) is 0 Å². The molecule has 2 heterocycles. The summed E-state index contributed by atoms with van der Waals surface area (Å²) in [6.07, 6.45) is 1.73. The standard InChI is InChI=1S/C17H18N4O3/c1-11(22)7-9-19-17(23)20-12-5-6-13-15(10-12)24-16(21-13)14-4-2-3-8-18-14/h2-6,8,10-11,22H,7,9H2,1H3,(H2,19,20,23). The van der Waals surface area contributed by atoms with Crippen molar-refractivity contribution in [1.29, 1.82) is 0 Å². The van der Waals surface area contributed by atoms with E-state index in [1.807, 2.05) is 18.2 Å². The van der Waals surface area contributed by atoms with Gasteiger partial charge in [-0.2, -0.15) is 0 Å². The van der Waals surface area contributed by atoms with Crippen LogP contribution in [0.5, 0.6) is 0 Å². The van der Waals surface area contributed by atoms with Crippen LogP contribution in [0, 0.1) is 0 Å². The number of urea groups is 1. The molecule has 1 unspecified atom stereocenters. The number of nitrogens with one attached hydrogen (secondary N) is 2. The number of aliphatic hydroxyl groups is 1. The fraction of sp³-hybridized carbons (Fsp3) is 0.235. The first kappa shape index (κ1) is 15.9. The molecule has 0 aliphatic heterocycles. The number of rotatable bonds is 5. The van der Waals surface area contributed by atoms with Gasteiger partial charge in [0.2, 0.25) is 5.89 Å². The number of aromatic nitrogens is 2. The van der Waals surface area contributed by atoms with Crippen molar-refractivity contribution in [2.24, 2.45) is 0 Å². The normalized spacial score (nSPS) is 12.1. The van der Waals surface area contributed by atoms with E-state index >= 15 is 0 Å². The Morgan fingerprint density at radius 2 is 2.21 bits per heavy atom. The molecule has 0 radical (unpaired) electrons. The van der Waals surface area contributed by atoms with Crippen LogP contribution in [0.25, 0.3) is 22.7 Å². The predicted molar refractivity (Wildman–Crippen MR) is 90.6 cm³/mol. The van der Waals surface area contributed by atoms with Gasteiger partial charge >= 0.3 is 6.03 Å². The molecule has 3 aromatic rings. The summed E-state index contributed by atoms with van der Waals surface area (Å²) in [5, 5.41) is 14.6. The van der Waals surface area contributed by atoms with Crippen LogP contribution in [0.1, 0.15) is 13.3 Å². The Balaban J connectivity index is 1.71. The first-order chi connectivity index (χ1) is 11.6. The molecule has 0 fully saturated rings. The largest absolute Gasteiger partial charge is 0.435 e. The van der Waals surface area contributed by atoms with Crippen molar-refractivity contribution in [2.45, 2.75) is 19.4 Å².